The number of unbranched alkanes of at least 4 members (excludes halogenated alkanes) is 2. The van der Waals surface area contributed by atoms with E-state index < -0.39 is 30.2 Å². The number of benzene rings is 2. The average molecular weight is 541 g/mol. The van der Waals surface area contributed by atoms with E-state index >= 15 is 0 Å². The smallest absolute Gasteiger partial charge is 0.335 e. The summed E-state index contributed by atoms with van der Waals surface area (Å²) in [6, 6.07) is 13.3. The van der Waals surface area contributed by atoms with Crippen molar-refractivity contribution < 1.29 is 33.0 Å². The zero-order valence-corrected chi connectivity index (χ0v) is 22.8. The third-order valence-corrected chi connectivity index (χ3v) is 6.25. The molecule has 0 saturated carbocycles. The minimum atomic E-state index is -0.930. The summed E-state index contributed by atoms with van der Waals surface area (Å²) in [4.78, 5) is 23.6. The van der Waals surface area contributed by atoms with Gasteiger partial charge in [-0.25, -0.2) is 18.4 Å². The fourth-order valence-corrected chi connectivity index (χ4v) is 3.73. The van der Waals surface area contributed by atoms with Gasteiger partial charge in [0.2, 0.25) is 0 Å². The standard InChI is InChI=1S/C32H38F2O5/c1-5-6-7-8-24-11-15-27(16-12-24)29(33)30(34)28-17-13-25(14-18-28)9-10-26(20-38-31(36)22(2)3)21-39-32(37)23(4)19-35/h11-18,26,35H,2,4-10,19-21H2,1,3H3/b30-29+. The molecule has 1 N–H and O–H groups in total. The first-order chi connectivity index (χ1) is 18.7. The minimum Gasteiger partial charge on any atom is -0.462 e. The van der Waals surface area contributed by atoms with Crippen molar-refractivity contribution in [2.75, 3.05) is 19.8 Å². The van der Waals surface area contributed by atoms with Crippen molar-refractivity contribution in [3.05, 3.63) is 95.1 Å². The SMILES string of the molecule is C=C(C)C(=O)OCC(CCc1ccc(/C(F)=C(\F)c2ccc(CCCCC)cc2)cc1)COC(=O)C(=C)CO. The molecule has 0 heterocycles. The van der Waals surface area contributed by atoms with Crippen LogP contribution in [-0.4, -0.2) is 36.9 Å². The molecule has 0 aliphatic heterocycles. The van der Waals surface area contributed by atoms with Gasteiger partial charge in [-0.1, -0.05) is 81.5 Å². The summed E-state index contributed by atoms with van der Waals surface area (Å²) < 4.78 is 40.1. The molecule has 210 valence electrons. The maximum absolute atomic E-state index is 14.9. The van der Waals surface area contributed by atoms with Gasteiger partial charge in [-0.05, 0) is 43.7 Å². The van der Waals surface area contributed by atoms with Crippen LogP contribution in [0.4, 0.5) is 8.78 Å². The van der Waals surface area contributed by atoms with Crippen molar-refractivity contribution >= 4 is 23.6 Å². The topological polar surface area (TPSA) is 72.8 Å². The molecule has 2 aromatic carbocycles. The van der Waals surface area contributed by atoms with Crippen molar-refractivity contribution in [1.82, 2.24) is 0 Å². The van der Waals surface area contributed by atoms with E-state index in [9.17, 15) is 18.4 Å². The van der Waals surface area contributed by atoms with Crippen molar-refractivity contribution in [1.29, 1.82) is 0 Å². The van der Waals surface area contributed by atoms with Crippen LogP contribution in [-0.2, 0) is 31.9 Å². The molecule has 0 aliphatic carbocycles. The summed E-state index contributed by atoms with van der Waals surface area (Å²) in [7, 11) is 0. The zero-order valence-electron chi connectivity index (χ0n) is 22.8. The Balaban J connectivity index is 2.03. The summed E-state index contributed by atoms with van der Waals surface area (Å²) in [5.74, 6) is -3.45. The predicted molar refractivity (Wildman–Crippen MR) is 150 cm³/mol. The van der Waals surface area contributed by atoms with Gasteiger partial charge in [-0.15, -0.1) is 0 Å². The number of hydrogen-bond acceptors (Lipinski definition) is 5. The summed E-state index contributed by atoms with van der Waals surface area (Å²) in [6.07, 6.45) is 5.25. The number of esters is 2. The number of carbonyl (C=O) groups excluding carboxylic acids is 2. The first-order valence-electron chi connectivity index (χ1n) is 13.2. The third-order valence-electron chi connectivity index (χ3n) is 6.25. The molecule has 0 fully saturated rings. The van der Waals surface area contributed by atoms with Crippen LogP contribution >= 0.6 is 0 Å². The molecule has 0 bridgehead atoms. The van der Waals surface area contributed by atoms with E-state index in [-0.39, 0.29) is 41.4 Å². The van der Waals surface area contributed by atoms with E-state index in [1.54, 1.807) is 24.3 Å². The van der Waals surface area contributed by atoms with Crippen molar-refractivity contribution in [3.8, 4) is 0 Å². The maximum Gasteiger partial charge on any atom is 0.335 e. The molecule has 0 radical (unpaired) electrons. The molecule has 0 aromatic heterocycles. The zero-order chi connectivity index (χ0) is 28.8. The van der Waals surface area contributed by atoms with Crippen LogP contribution in [0.5, 0.6) is 0 Å². The molecule has 0 aliphatic rings. The number of halogens is 2. The molecule has 1 unspecified atom stereocenters. The Morgan fingerprint density at radius 2 is 1.31 bits per heavy atom. The number of aliphatic hydroxyl groups excluding tert-OH is 1. The molecule has 39 heavy (non-hydrogen) atoms. The Hall–Kier alpha value is -3.58. The second-order valence-electron chi connectivity index (χ2n) is 9.62. The number of rotatable bonds is 16. The van der Waals surface area contributed by atoms with E-state index in [1.807, 2.05) is 12.1 Å². The number of aryl methyl sites for hydroxylation is 2. The van der Waals surface area contributed by atoms with Gasteiger partial charge in [0.15, 0.2) is 11.7 Å². The lowest BCUT2D eigenvalue weighted by atomic mass is 9.99. The fourth-order valence-electron chi connectivity index (χ4n) is 3.73. The highest BCUT2D eigenvalue weighted by Crippen LogP contribution is 2.29. The first kappa shape index (κ1) is 31.6. The first-order valence-corrected chi connectivity index (χ1v) is 13.2. The normalized spacial score (nSPS) is 12.3. The van der Waals surface area contributed by atoms with Crippen LogP contribution in [0, 0.1) is 5.92 Å². The van der Waals surface area contributed by atoms with Crippen LogP contribution in [0.15, 0.2) is 72.8 Å². The number of carbonyl (C=O) groups is 2. The molecule has 0 spiro atoms. The highest BCUT2D eigenvalue weighted by Gasteiger charge is 2.17. The lowest BCUT2D eigenvalue weighted by molar-refractivity contribution is -0.144. The van der Waals surface area contributed by atoms with Crippen molar-refractivity contribution in [2.24, 2.45) is 5.92 Å². The van der Waals surface area contributed by atoms with Crippen molar-refractivity contribution in [2.45, 2.75) is 52.4 Å². The molecule has 0 amide bonds. The number of hydrogen-bond donors (Lipinski definition) is 1. The van der Waals surface area contributed by atoms with Gasteiger partial charge < -0.3 is 14.6 Å². The highest BCUT2D eigenvalue weighted by atomic mass is 19.2. The third kappa shape index (κ3) is 10.6. The number of aliphatic hydroxyl groups is 1. The monoisotopic (exact) mass is 540 g/mol. The lowest BCUT2D eigenvalue weighted by Crippen LogP contribution is -2.22. The summed E-state index contributed by atoms with van der Waals surface area (Å²) in [5, 5.41) is 9.03. The molecule has 7 heteroatoms. The molecular weight excluding hydrogens is 502 g/mol. The molecule has 2 aromatic rings. The molecular formula is C32H38F2O5. The molecule has 2 rings (SSSR count). The average Bonchev–Trinajstić information content (AvgIpc) is 2.95. The second kappa shape index (κ2) is 16.4. The molecule has 1 atom stereocenters. The van der Waals surface area contributed by atoms with Gasteiger partial charge in [0.25, 0.3) is 0 Å². The Kier molecular flexibility index (Phi) is 13.3. The second-order valence-corrected chi connectivity index (χ2v) is 9.62. The largest absolute Gasteiger partial charge is 0.462 e. The predicted octanol–water partition coefficient (Wildman–Crippen LogP) is 6.94. The van der Waals surface area contributed by atoms with Crippen molar-refractivity contribution in [3.63, 3.8) is 0 Å². The van der Waals surface area contributed by atoms with E-state index in [4.69, 9.17) is 14.6 Å². The van der Waals surface area contributed by atoms with Crippen LogP contribution in [0.1, 0.15) is 61.8 Å². The van der Waals surface area contributed by atoms with Gasteiger partial charge >= 0.3 is 11.9 Å². The molecule has 5 nitrogen and oxygen atoms in total. The van der Waals surface area contributed by atoms with E-state index in [2.05, 4.69) is 20.1 Å². The van der Waals surface area contributed by atoms with Crippen LogP contribution < -0.4 is 0 Å². The van der Waals surface area contributed by atoms with Gasteiger partial charge in [-0.2, -0.15) is 0 Å². The van der Waals surface area contributed by atoms with Crippen LogP contribution in [0.3, 0.4) is 0 Å². The van der Waals surface area contributed by atoms with E-state index in [0.717, 1.165) is 36.8 Å². The van der Waals surface area contributed by atoms with Crippen LogP contribution in [0.25, 0.3) is 11.7 Å². The Morgan fingerprint density at radius 3 is 1.77 bits per heavy atom. The van der Waals surface area contributed by atoms with E-state index in [1.165, 1.54) is 19.1 Å². The quantitative estimate of drug-likeness (QED) is 0.108. The lowest BCUT2D eigenvalue weighted by Gasteiger charge is -2.17. The summed E-state index contributed by atoms with van der Waals surface area (Å²) in [6.45, 7) is 10.1. The van der Waals surface area contributed by atoms with E-state index in [0.29, 0.717) is 12.8 Å². The summed E-state index contributed by atoms with van der Waals surface area (Å²) >= 11 is 0. The fraction of sp³-hybridized carbons (Fsp3) is 0.375. The van der Waals surface area contributed by atoms with Gasteiger partial charge in [0.05, 0.1) is 25.4 Å². The minimum absolute atomic E-state index is 0.00261. The van der Waals surface area contributed by atoms with Crippen LogP contribution in [0.2, 0.25) is 0 Å². The Bertz CT molecular complexity index is 1150. The maximum atomic E-state index is 14.9. The molecule has 0 saturated heterocycles. The Morgan fingerprint density at radius 1 is 0.821 bits per heavy atom. The van der Waals surface area contributed by atoms with Gasteiger partial charge in [0.1, 0.15) is 0 Å². The van der Waals surface area contributed by atoms with Gasteiger partial charge in [0, 0.05) is 22.6 Å². The number of ether oxygens (including phenoxy) is 2. The van der Waals surface area contributed by atoms with Gasteiger partial charge in [-0.3, -0.25) is 0 Å². The highest BCUT2D eigenvalue weighted by molar-refractivity contribution is 5.88. The Labute approximate surface area is 229 Å². The summed E-state index contributed by atoms with van der Waals surface area (Å²) in [5.41, 5.74) is 2.46.